The average Bonchev–Trinajstić information content (AvgIpc) is 2.75. The molecule has 0 bridgehead atoms. The number of rotatable bonds is 2. The van der Waals surface area contributed by atoms with Crippen LogP contribution in [0.3, 0.4) is 0 Å². The van der Waals surface area contributed by atoms with Crippen LogP contribution in [0, 0.1) is 0 Å². The lowest BCUT2D eigenvalue weighted by atomic mass is 10.1. The second-order valence-corrected chi connectivity index (χ2v) is 5.20. The van der Waals surface area contributed by atoms with Gasteiger partial charge < -0.3 is 9.84 Å². The SMILES string of the molecule is Clc1ccccc1-c1nc(C2CCCCCN2)no1. The number of hydrogen-bond donors (Lipinski definition) is 1. The smallest absolute Gasteiger partial charge is 0.259 e. The number of hydrogen-bond acceptors (Lipinski definition) is 4. The second-order valence-electron chi connectivity index (χ2n) is 4.79. The minimum absolute atomic E-state index is 0.197. The van der Waals surface area contributed by atoms with Crippen LogP contribution >= 0.6 is 11.6 Å². The molecule has 5 heteroatoms. The number of halogens is 1. The van der Waals surface area contributed by atoms with Crippen LogP contribution < -0.4 is 5.32 Å². The molecule has 3 rings (SSSR count). The van der Waals surface area contributed by atoms with Gasteiger partial charge in [0.05, 0.1) is 16.6 Å². The first kappa shape index (κ1) is 12.6. The van der Waals surface area contributed by atoms with E-state index in [4.69, 9.17) is 16.1 Å². The maximum Gasteiger partial charge on any atom is 0.259 e. The van der Waals surface area contributed by atoms with Crippen molar-refractivity contribution in [3.63, 3.8) is 0 Å². The first-order chi connectivity index (χ1) is 9.34. The summed E-state index contributed by atoms with van der Waals surface area (Å²) in [6, 6.07) is 7.71. The number of nitrogens with one attached hydrogen (secondary N) is 1. The van der Waals surface area contributed by atoms with E-state index >= 15 is 0 Å². The molecule has 1 N–H and O–H groups in total. The molecule has 2 aromatic rings. The zero-order valence-electron chi connectivity index (χ0n) is 10.6. The van der Waals surface area contributed by atoms with E-state index < -0.39 is 0 Å². The Kier molecular flexibility index (Phi) is 3.80. The molecule has 1 aliphatic heterocycles. The molecule has 1 aromatic heterocycles. The van der Waals surface area contributed by atoms with Gasteiger partial charge >= 0.3 is 0 Å². The predicted molar refractivity (Wildman–Crippen MR) is 74.0 cm³/mol. The van der Waals surface area contributed by atoms with Gasteiger partial charge in [0.25, 0.3) is 5.89 Å². The molecule has 1 aromatic carbocycles. The van der Waals surface area contributed by atoms with Gasteiger partial charge in [-0.3, -0.25) is 0 Å². The Hall–Kier alpha value is -1.39. The van der Waals surface area contributed by atoms with Crippen LogP contribution in [0.5, 0.6) is 0 Å². The zero-order chi connectivity index (χ0) is 13.1. The van der Waals surface area contributed by atoms with Gasteiger partial charge in [-0.2, -0.15) is 4.98 Å². The summed E-state index contributed by atoms with van der Waals surface area (Å²) in [6.45, 7) is 1.01. The van der Waals surface area contributed by atoms with Crippen LogP contribution in [0.15, 0.2) is 28.8 Å². The fourth-order valence-electron chi connectivity index (χ4n) is 2.37. The standard InChI is InChI=1S/C14H16ClN3O/c15-11-7-4-3-6-10(11)14-17-13(18-19-14)12-8-2-1-5-9-16-12/h3-4,6-7,12,16H,1-2,5,8-9H2. The molecule has 0 amide bonds. The third kappa shape index (κ3) is 2.80. The molecule has 1 unspecified atom stereocenters. The molecule has 1 aliphatic rings. The second kappa shape index (κ2) is 5.72. The average molecular weight is 278 g/mol. The highest BCUT2D eigenvalue weighted by Gasteiger charge is 2.20. The largest absolute Gasteiger partial charge is 0.334 e. The molecule has 1 fully saturated rings. The van der Waals surface area contributed by atoms with Crippen molar-refractivity contribution >= 4 is 11.6 Å². The molecule has 0 radical (unpaired) electrons. The summed E-state index contributed by atoms with van der Waals surface area (Å²) in [5.41, 5.74) is 0.788. The normalized spacial score (nSPS) is 20.2. The number of aromatic nitrogens is 2. The van der Waals surface area contributed by atoms with E-state index in [9.17, 15) is 0 Å². The minimum Gasteiger partial charge on any atom is -0.334 e. The maximum atomic E-state index is 6.14. The van der Waals surface area contributed by atoms with Crippen molar-refractivity contribution < 1.29 is 4.52 Å². The molecule has 1 saturated heterocycles. The molecule has 1 atom stereocenters. The molecule has 0 saturated carbocycles. The number of nitrogens with zero attached hydrogens (tertiary/aromatic N) is 2. The lowest BCUT2D eigenvalue weighted by molar-refractivity contribution is 0.402. The monoisotopic (exact) mass is 277 g/mol. The van der Waals surface area contributed by atoms with Crippen molar-refractivity contribution in [3.05, 3.63) is 35.1 Å². The molecule has 0 aliphatic carbocycles. The van der Waals surface area contributed by atoms with Crippen molar-refractivity contribution in [2.75, 3.05) is 6.54 Å². The van der Waals surface area contributed by atoms with Crippen molar-refractivity contribution in [3.8, 4) is 11.5 Å². The third-order valence-corrected chi connectivity index (χ3v) is 3.75. The van der Waals surface area contributed by atoms with E-state index in [0.29, 0.717) is 10.9 Å². The van der Waals surface area contributed by atoms with Crippen LogP contribution in [0.2, 0.25) is 5.02 Å². The van der Waals surface area contributed by atoms with E-state index in [1.807, 2.05) is 24.3 Å². The first-order valence-corrected chi connectivity index (χ1v) is 7.04. The Bertz CT molecular complexity index is 547. The van der Waals surface area contributed by atoms with Crippen molar-refractivity contribution in [1.29, 1.82) is 0 Å². The quantitative estimate of drug-likeness (QED) is 0.911. The topological polar surface area (TPSA) is 51.0 Å². The summed E-state index contributed by atoms with van der Waals surface area (Å²) in [6.07, 6.45) is 4.74. The van der Waals surface area contributed by atoms with Crippen LogP contribution in [-0.4, -0.2) is 16.7 Å². The summed E-state index contributed by atoms with van der Waals surface area (Å²) in [7, 11) is 0. The van der Waals surface area contributed by atoms with Gasteiger partial charge in [0, 0.05) is 0 Å². The van der Waals surface area contributed by atoms with E-state index in [-0.39, 0.29) is 6.04 Å². The fraction of sp³-hybridized carbons (Fsp3) is 0.429. The molecular weight excluding hydrogens is 262 g/mol. The molecule has 19 heavy (non-hydrogen) atoms. The van der Waals surface area contributed by atoms with E-state index in [2.05, 4.69) is 15.5 Å². The molecular formula is C14H16ClN3O. The summed E-state index contributed by atoms with van der Waals surface area (Å²) >= 11 is 6.14. The van der Waals surface area contributed by atoms with Gasteiger partial charge in [-0.25, -0.2) is 0 Å². The van der Waals surface area contributed by atoms with Gasteiger partial charge in [0.1, 0.15) is 0 Å². The highest BCUT2D eigenvalue weighted by Crippen LogP contribution is 2.28. The van der Waals surface area contributed by atoms with Gasteiger partial charge in [-0.15, -0.1) is 0 Å². The van der Waals surface area contributed by atoms with Crippen LogP contribution in [0.4, 0.5) is 0 Å². The van der Waals surface area contributed by atoms with Gasteiger partial charge in [-0.1, -0.05) is 41.7 Å². The Morgan fingerprint density at radius 1 is 1.21 bits per heavy atom. The lowest BCUT2D eigenvalue weighted by Gasteiger charge is -2.09. The molecule has 4 nitrogen and oxygen atoms in total. The molecule has 0 spiro atoms. The summed E-state index contributed by atoms with van der Waals surface area (Å²) in [5, 5.41) is 8.18. The zero-order valence-corrected chi connectivity index (χ0v) is 11.4. The molecule has 100 valence electrons. The Balaban J connectivity index is 1.85. The van der Waals surface area contributed by atoms with E-state index in [1.54, 1.807) is 0 Å². The minimum atomic E-state index is 0.197. The van der Waals surface area contributed by atoms with Gasteiger partial charge in [-0.05, 0) is 31.5 Å². The summed E-state index contributed by atoms with van der Waals surface area (Å²) < 4.78 is 5.34. The fourth-order valence-corrected chi connectivity index (χ4v) is 2.59. The van der Waals surface area contributed by atoms with Crippen molar-refractivity contribution in [2.24, 2.45) is 0 Å². The Morgan fingerprint density at radius 2 is 2.11 bits per heavy atom. The van der Waals surface area contributed by atoms with Gasteiger partial charge in [0.2, 0.25) is 0 Å². The van der Waals surface area contributed by atoms with Crippen LogP contribution in [0.25, 0.3) is 11.5 Å². The van der Waals surface area contributed by atoms with Crippen molar-refractivity contribution in [1.82, 2.24) is 15.5 Å². The van der Waals surface area contributed by atoms with Crippen molar-refractivity contribution in [2.45, 2.75) is 31.7 Å². The maximum absolute atomic E-state index is 6.14. The Labute approximate surface area is 117 Å². The summed E-state index contributed by atoms with van der Waals surface area (Å²) in [4.78, 5) is 4.48. The van der Waals surface area contributed by atoms with E-state index in [0.717, 1.165) is 24.4 Å². The highest BCUT2D eigenvalue weighted by molar-refractivity contribution is 6.33. The van der Waals surface area contributed by atoms with Gasteiger partial charge in [0.15, 0.2) is 5.82 Å². The third-order valence-electron chi connectivity index (χ3n) is 3.42. The first-order valence-electron chi connectivity index (χ1n) is 6.66. The van der Waals surface area contributed by atoms with Crippen LogP contribution in [-0.2, 0) is 0 Å². The lowest BCUT2D eigenvalue weighted by Crippen LogP contribution is -2.21. The molecule has 2 heterocycles. The van der Waals surface area contributed by atoms with Crippen LogP contribution in [0.1, 0.15) is 37.5 Å². The predicted octanol–water partition coefficient (Wildman–Crippen LogP) is 3.59. The number of benzene rings is 1. The highest BCUT2D eigenvalue weighted by atomic mass is 35.5. The Morgan fingerprint density at radius 3 is 3.00 bits per heavy atom. The van der Waals surface area contributed by atoms with E-state index in [1.165, 1.54) is 19.3 Å². The summed E-state index contributed by atoms with van der Waals surface area (Å²) in [5.74, 6) is 1.23.